The fourth-order valence-electron chi connectivity index (χ4n) is 2.59. The number of carbonyl (C=O) groups is 1. The molecule has 132 valence electrons. The first kappa shape index (κ1) is 17.3. The molecule has 0 spiro atoms. The number of benzene rings is 2. The van der Waals surface area contributed by atoms with Gasteiger partial charge in [-0.15, -0.1) is 0 Å². The van der Waals surface area contributed by atoms with Crippen molar-refractivity contribution in [1.29, 1.82) is 0 Å². The highest BCUT2D eigenvalue weighted by molar-refractivity contribution is 6.03. The van der Waals surface area contributed by atoms with Crippen LogP contribution in [0.4, 0.5) is 0 Å². The minimum Gasteiger partial charge on any atom is -0.497 e. The molecule has 0 N–H and O–H groups in total. The van der Waals surface area contributed by atoms with Crippen LogP contribution in [0.1, 0.15) is 22.0 Å². The maximum atomic E-state index is 12.8. The van der Waals surface area contributed by atoms with Gasteiger partial charge >= 0.3 is 0 Å². The van der Waals surface area contributed by atoms with E-state index in [2.05, 4.69) is 0 Å². The predicted octanol–water partition coefficient (Wildman–Crippen LogP) is 3.01. The van der Waals surface area contributed by atoms with Gasteiger partial charge in [0.1, 0.15) is 23.4 Å². The summed E-state index contributed by atoms with van der Waals surface area (Å²) < 4.78 is 26.4. The molecule has 0 saturated carbocycles. The number of epoxide rings is 1. The standard InChI is InChI=1S/C19H20O6/c1-21-11-24-16-10-14(23-3)8-9-15(16)17(20)19-18(25-19)12-4-6-13(22-2)7-5-12/h4-10,18-19H,11H2,1-3H3/t18-,19-/m1/s1. The van der Waals surface area contributed by atoms with Crippen molar-refractivity contribution in [2.45, 2.75) is 12.2 Å². The molecule has 6 nitrogen and oxygen atoms in total. The summed E-state index contributed by atoms with van der Waals surface area (Å²) in [7, 11) is 4.69. The first-order chi connectivity index (χ1) is 12.2. The lowest BCUT2D eigenvalue weighted by Gasteiger charge is -2.11. The maximum Gasteiger partial charge on any atom is 0.198 e. The third kappa shape index (κ3) is 3.75. The van der Waals surface area contributed by atoms with Crippen molar-refractivity contribution in [3.8, 4) is 17.2 Å². The van der Waals surface area contributed by atoms with Crippen molar-refractivity contribution < 1.29 is 28.5 Å². The van der Waals surface area contributed by atoms with E-state index in [0.29, 0.717) is 17.1 Å². The fraction of sp³-hybridized carbons (Fsp3) is 0.316. The van der Waals surface area contributed by atoms with Crippen molar-refractivity contribution in [2.24, 2.45) is 0 Å². The third-order valence-corrected chi connectivity index (χ3v) is 3.98. The molecule has 6 heteroatoms. The molecule has 0 aliphatic carbocycles. The Morgan fingerprint density at radius 3 is 2.32 bits per heavy atom. The average molecular weight is 344 g/mol. The number of carbonyl (C=O) groups excluding carboxylic acids is 1. The Morgan fingerprint density at radius 2 is 1.68 bits per heavy atom. The summed E-state index contributed by atoms with van der Waals surface area (Å²) in [5.74, 6) is 1.65. The fourth-order valence-corrected chi connectivity index (χ4v) is 2.59. The summed E-state index contributed by atoms with van der Waals surface area (Å²) in [6.07, 6.45) is -0.775. The topological polar surface area (TPSA) is 66.5 Å². The molecular formula is C19H20O6. The Morgan fingerprint density at radius 1 is 1.00 bits per heavy atom. The van der Waals surface area contributed by atoms with E-state index in [4.69, 9.17) is 23.7 Å². The first-order valence-corrected chi connectivity index (χ1v) is 7.81. The summed E-state index contributed by atoms with van der Waals surface area (Å²) in [5, 5.41) is 0. The molecule has 3 rings (SSSR count). The Labute approximate surface area is 146 Å². The van der Waals surface area contributed by atoms with E-state index < -0.39 is 6.10 Å². The van der Waals surface area contributed by atoms with Gasteiger partial charge in [0, 0.05) is 13.2 Å². The zero-order valence-electron chi connectivity index (χ0n) is 14.4. The lowest BCUT2D eigenvalue weighted by Crippen LogP contribution is -2.12. The lowest BCUT2D eigenvalue weighted by atomic mass is 10.0. The van der Waals surface area contributed by atoms with Gasteiger partial charge in [-0.3, -0.25) is 4.79 Å². The Bertz CT molecular complexity index is 740. The highest BCUT2D eigenvalue weighted by Gasteiger charge is 2.47. The Hall–Kier alpha value is -2.57. The van der Waals surface area contributed by atoms with Gasteiger partial charge in [0.25, 0.3) is 0 Å². The first-order valence-electron chi connectivity index (χ1n) is 7.81. The van der Waals surface area contributed by atoms with Crippen LogP contribution in [0.25, 0.3) is 0 Å². The molecule has 1 saturated heterocycles. The van der Waals surface area contributed by atoms with E-state index >= 15 is 0 Å². The summed E-state index contributed by atoms with van der Waals surface area (Å²) >= 11 is 0. The van der Waals surface area contributed by atoms with E-state index in [-0.39, 0.29) is 18.7 Å². The monoisotopic (exact) mass is 344 g/mol. The van der Waals surface area contributed by atoms with Crippen LogP contribution in [-0.4, -0.2) is 40.0 Å². The summed E-state index contributed by atoms with van der Waals surface area (Å²) in [6.45, 7) is 0.0425. The van der Waals surface area contributed by atoms with Crippen molar-refractivity contribution in [3.05, 3.63) is 53.6 Å². The van der Waals surface area contributed by atoms with Crippen LogP contribution in [0, 0.1) is 0 Å². The SMILES string of the molecule is COCOc1cc(OC)ccc1C(=O)[C@H]1O[C@@H]1c1ccc(OC)cc1. The highest BCUT2D eigenvalue weighted by atomic mass is 16.7. The molecule has 0 bridgehead atoms. The van der Waals surface area contributed by atoms with Crippen molar-refractivity contribution in [2.75, 3.05) is 28.1 Å². The third-order valence-electron chi connectivity index (χ3n) is 3.98. The van der Waals surface area contributed by atoms with Crippen molar-refractivity contribution in [3.63, 3.8) is 0 Å². The molecule has 2 atom stereocenters. The number of methoxy groups -OCH3 is 3. The molecule has 0 unspecified atom stereocenters. The van der Waals surface area contributed by atoms with Crippen LogP contribution in [-0.2, 0) is 9.47 Å². The van der Waals surface area contributed by atoms with E-state index in [1.807, 2.05) is 24.3 Å². The van der Waals surface area contributed by atoms with E-state index in [0.717, 1.165) is 11.3 Å². The minimum absolute atomic E-state index is 0.0425. The Kier molecular flexibility index (Phi) is 5.21. The second-order valence-corrected chi connectivity index (χ2v) is 5.53. The largest absolute Gasteiger partial charge is 0.497 e. The molecule has 2 aromatic rings. The lowest BCUT2D eigenvalue weighted by molar-refractivity contribution is 0.0499. The van der Waals surface area contributed by atoms with E-state index in [1.54, 1.807) is 32.4 Å². The van der Waals surface area contributed by atoms with Gasteiger partial charge in [0.2, 0.25) is 0 Å². The van der Waals surface area contributed by atoms with Gasteiger partial charge in [-0.05, 0) is 29.8 Å². The second-order valence-electron chi connectivity index (χ2n) is 5.53. The molecule has 1 aliphatic heterocycles. The van der Waals surface area contributed by atoms with Crippen molar-refractivity contribution >= 4 is 5.78 Å². The van der Waals surface area contributed by atoms with Gasteiger partial charge in [-0.2, -0.15) is 0 Å². The normalized spacial score (nSPS) is 18.5. The Balaban J connectivity index is 1.76. The molecule has 0 aromatic heterocycles. The molecular weight excluding hydrogens is 324 g/mol. The number of rotatable bonds is 8. The van der Waals surface area contributed by atoms with E-state index in [1.165, 1.54) is 7.11 Å². The molecule has 1 aliphatic rings. The van der Waals surface area contributed by atoms with Crippen LogP contribution >= 0.6 is 0 Å². The number of ketones is 1. The minimum atomic E-state index is -0.522. The molecule has 0 radical (unpaired) electrons. The molecule has 2 aromatic carbocycles. The summed E-state index contributed by atoms with van der Waals surface area (Å²) in [6, 6.07) is 12.5. The van der Waals surface area contributed by atoms with Crippen molar-refractivity contribution in [1.82, 2.24) is 0 Å². The van der Waals surface area contributed by atoms with Gasteiger partial charge in [-0.25, -0.2) is 0 Å². The summed E-state index contributed by atoms with van der Waals surface area (Å²) in [5.41, 5.74) is 1.38. The smallest absolute Gasteiger partial charge is 0.198 e. The average Bonchev–Trinajstić information content (AvgIpc) is 3.46. The number of ether oxygens (including phenoxy) is 5. The zero-order valence-corrected chi connectivity index (χ0v) is 14.4. The number of Topliss-reactive ketones (excluding diaryl/α,β-unsaturated/α-hetero) is 1. The molecule has 0 amide bonds. The van der Waals surface area contributed by atoms with E-state index in [9.17, 15) is 4.79 Å². The molecule has 25 heavy (non-hydrogen) atoms. The molecule has 1 fully saturated rings. The predicted molar refractivity (Wildman–Crippen MR) is 90.4 cm³/mol. The van der Waals surface area contributed by atoms with Gasteiger partial charge in [-0.1, -0.05) is 12.1 Å². The zero-order chi connectivity index (χ0) is 17.8. The van der Waals surface area contributed by atoms with Crippen LogP contribution in [0.3, 0.4) is 0 Å². The highest BCUT2D eigenvalue weighted by Crippen LogP contribution is 2.42. The summed E-state index contributed by atoms with van der Waals surface area (Å²) in [4.78, 5) is 12.8. The molecule has 1 heterocycles. The quantitative estimate of drug-likeness (QED) is 0.417. The van der Waals surface area contributed by atoms with Gasteiger partial charge < -0.3 is 23.7 Å². The maximum absolute atomic E-state index is 12.8. The van der Waals surface area contributed by atoms with Gasteiger partial charge in [0.15, 0.2) is 18.7 Å². The van der Waals surface area contributed by atoms with Crippen LogP contribution in [0.2, 0.25) is 0 Å². The van der Waals surface area contributed by atoms with Crippen LogP contribution in [0.15, 0.2) is 42.5 Å². The number of hydrogen-bond acceptors (Lipinski definition) is 6. The van der Waals surface area contributed by atoms with Gasteiger partial charge in [0.05, 0.1) is 19.8 Å². The second kappa shape index (κ2) is 7.55. The van der Waals surface area contributed by atoms with Crippen LogP contribution < -0.4 is 14.2 Å². The van der Waals surface area contributed by atoms with Crippen LogP contribution in [0.5, 0.6) is 17.2 Å². The number of hydrogen-bond donors (Lipinski definition) is 0.